The molecule has 1 saturated heterocycles. The van der Waals surface area contributed by atoms with Gasteiger partial charge in [0.25, 0.3) is 5.69 Å². The summed E-state index contributed by atoms with van der Waals surface area (Å²) < 4.78 is 0. The van der Waals surface area contributed by atoms with Crippen LogP contribution in [0.25, 0.3) is 0 Å². The molecule has 2 aromatic carbocycles. The molecule has 0 bridgehead atoms. The number of benzene rings is 2. The van der Waals surface area contributed by atoms with Crippen molar-refractivity contribution in [2.75, 3.05) is 11.9 Å². The van der Waals surface area contributed by atoms with Crippen LogP contribution < -0.4 is 5.32 Å². The summed E-state index contributed by atoms with van der Waals surface area (Å²) in [5, 5.41) is 13.5. The summed E-state index contributed by atoms with van der Waals surface area (Å²) >= 11 is 1.23. The van der Waals surface area contributed by atoms with E-state index in [-0.39, 0.29) is 23.7 Å². The SMILES string of the molecule is CCN1C(=O)C(CC(=O)Nc2ccccc2[N+](=O)[O-])SC1=Nc1ccccc1. The molecule has 3 rings (SSSR count). The molecule has 9 heteroatoms. The van der Waals surface area contributed by atoms with Crippen molar-refractivity contribution in [1.29, 1.82) is 0 Å². The van der Waals surface area contributed by atoms with Gasteiger partial charge < -0.3 is 5.32 Å². The van der Waals surface area contributed by atoms with Crippen LogP contribution in [0.5, 0.6) is 0 Å². The number of amidine groups is 1. The van der Waals surface area contributed by atoms with Gasteiger partial charge in [0, 0.05) is 19.0 Å². The van der Waals surface area contributed by atoms with Crippen LogP contribution in [0.15, 0.2) is 59.6 Å². The summed E-state index contributed by atoms with van der Waals surface area (Å²) in [6.45, 7) is 2.29. The molecule has 1 fully saturated rings. The third kappa shape index (κ3) is 4.37. The molecule has 0 saturated carbocycles. The van der Waals surface area contributed by atoms with Crippen molar-refractivity contribution >= 4 is 45.8 Å². The molecule has 1 unspecified atom stereocenters. The number of carbonyl (C=O) groups excluding carboxylic acids is 2. The molecular weight excluding hydrogens is 380 g/mol. The van der Waals surface area contributed by atoms with Crippen molar-refractivity contribution in [3.8, 4) is 0 Å². The van der Waals surface area contributed by atoms with Crippen LogP contribution in [0, 0.1) is 10.1 Å². The van der Waals surface area contributed by atoms with E-state index in [9.17, 15) is 19.7 Å². The van der Waals surface area contributed by atoms with Crippen LogP contribution >= 0.6 is 11.8 Å². The Kier molecular flexibility index (Phi) is 6.05. The van der Waals surface area contributed by atoms with Crippen LogP contribution in [0.1, 0.15) is 13.3 Å². The maximum Gasteiger partial charge on any atom is 0.292 e. The van der Waals surface area contributed by atoms with Gasteiger partial charge in [-0.3, -0.25) is 24.6 Å². The molecule has 1 heterocycles. The Morgan fingerprint density at radius 3 is 2.57 bits per heavy atom. The lowest BCUT2D eigenvalue weighted by molar-refractivity contribution is -0.383. The first kappa shape index (κ1) is 19.6. The van der Waals surface area contributed by atoms with E-state index in [1.165, 1.54) is 30.0 Å². The lowest BCUT2D eigenvalue weighted by Gasteiger charge is -2.13. The molecule has 1 N–H and O–H groups in total. The Balaban J connectivity index is 1.72. The highest BCUT2D eigenvalue weighted by atomic mass is 32.2. The molecule has 0 aromatic heterocycles. The predicted molar refractivity (Wildman–Crippen MR) is 109 cm³/mol. The molecule has 144 valence electrons. The zero-order chi connectivity index (χ0) is 20.1. The lowest BCUT2D eigenvalue weighted by atomic mass is 10.2. The first-order chi connectivity index (χ1) is 13.5. The standard InChI is InChI=1S/C19H18N4O4S/c1-2-22-18(25)16(28-19(22)20-13-8-4-3-5-9-13)12-17(24)21-14-10-6-7-11-15(14)23(26)27/h3-11,16H,2,12H2,1H3,(H,21,24). The van der Waals surface area contributed by atoms with Gasteiger partial charge in [-0.1, -0.05) is 42.1 Å². The fourth-order valence-corrected chi connectivity index (χ4v) is 3.96. The van der Waals surface area contributed by atoms with Crippen LogP contribution in [0.4, 0.5) is 17.1 Å². The number of hydrogen-bond donors (Lipinski definition) is 1. The highest BCUT2D eigenvalue weighted by molar-refractivity contribution is 8.15. The van der Waals surface area contributed by atoms with Gasteiger partial charge >= 0.3 is 0 Å². The Morgan fingerprint density at radius 2 is 1.89 bits per heavy atom. The molecule has 0 radical (unpaired) electrons. The number of rotatable bonds is 6. The average molecular weight is 398 g/mol. The zero-order valence-corrected chi connectivity index (χ0v) is 15.9. The van der Waals surface area contributed by atoms with Crippen LogP contribution in [-0.2, 0) is 9.59 Å². The second-order valence-corrected chi connectivity index (χ2v) is 7.12. The molecular formula is C19H18N4O4S. The third-order valence-electron chi connectivity index (χ3n) is 4.06. The summed E-state index contributed by atoms with van der Waals surface area (Å²) in [6, 6.07) is 15.2. The molecule has 1 atom stereocenters. The second-order valence-electron chi connectivity index (χ2n) is 5.95. The fraction of sp³-hybridized carbons (Fsp3) is 0.211. The van der Waals surface area contributed by atoms with Crippen molar-refractivity contribution in [3.63, 3.8) is 0 Å². The Hall–Kier alpha value is -3.20. The molecule has 8 nitrogen and oxygen atoms in total. The molecule has 0 aliphatic carbocycles. The lowest BCUT2D eigenvalue weighted by Crippen LogP contribution is -2.33. The predicted octanol–water partition coefficient (Wildman–Crippen LogP) is 3.58. The average Bonchev–Trinajstić information content (AvgIpc) is 2.97. The number of para-hydroxylation sites is 3. The number of nitrogens with zero attached hydrogens (tertiary/aromatic N) is 3. The maximum atomic E-state index is 12.6. The molecule has 2 amide bonds. The number of carbonyl (C=O) groups is 2. The van der Waals surface area contributed by atoms with Crippen molar-refractivity contribution in [2.24, 2.45) is 4.99 Å². The first-order valence-corrected chi connectivity index (χ1v) is 9.52. The minimum absolute atomic E-state index is 0.0974. The number of nitrogens with one attached hydrogen (secondary N) is 1. The van der Waals surface area contributed by atoms with E-state index in [4.69, 9.17) is 0 Å². The topological polar surface area (TPSA) is 105 Å². The zero-order valence-electron chi connectivity index (χ0n) is 15.1. The van der Waals surface area contributed by atoms with Gasteiger partial charge in [0.05, 0.1) is 10.6 Å². The number of anilines is 1. The monoisotopic (exact) mass is 398 g/mol. The van der Waals surface area contributed by atoms with Gasteiger partial charge in [-0.2, -0.15) is 0 Å². The van der Waals surface area contributed by atoms with Crippen LogP contribution in [0.3, 0.4) is 0 Å². The molecule has 28 heavy (non-hydrogen) atoms. The first-order valence-electron chi connectivity index (χ1n) is 8.64. The number of nitro benzene ring substituents is 1. The van der Waals surface area contributed by atoms with E-state index in [1.807, 2.05) is 37.3 Å². The van der Waals surface area contributed by atoms with Crippen molar-refractivity contribution < 1.29 is 14.5 Å². The number of nitro groups is 1. The molecule has 0 spiro atoms. The number of aliphatic imine (C=N–C) groups is 1. The van der Waals surface area contributed by atoms with Gasteiger partial charge in [0.2, 0.25) is 11.8 Å². The van der Waals surface area contributed by atoms with E-state index in [0.717, 1.165) is 5.69 Å². The van der Waals surface area contributed by atoms with Gasteiger partial charge in [0.1, 0.15) is 10.9 Å². The maximum absolute atomic E-state index is 12.6. The number of hydrogen-bond acceptors (Lipinski definition) is 6. The fourth-order valence-electron chi connectivity index (χ4n) is 2.74. The van der Waals surface area contributed by atoms with Crippen molar-refractivity contribution in [3.05, 3.63) is 64.7 Å². The third-order valence-corrected chi connectivity index (χ3v) is 5.24. The molecule has 1 aliphatic rings. The summed E-state index contributed by atoms with van der Waals surface area (Å²) in [7, 11) is 0. The summed E-state index contributed by atoms with van der Waals surface area (Å²) in [6.07, 6.45) is -0.0974. The highest BCUT2D eigenvalue weighted by Gasteiger charge is 2.38. The van der Waals surface area contributed by atoms with Crippen molar-refractivity contribution in [1.82, 2.24) is 4.90 Å². The van der Waals surface area contributed by atoms with E-state index < -0.39 is 16.1 Å². The summed E-state index contributed by atoms with van der Waals surface area (Å²) in [4.78, 5) is 41.6. The summed E-state index contributed by atoms with van der Waals surface area (Å²) in [5.74, 6) is -0.656. The van der Waals surface area contributed by atoms with Gasteiger partial charge in [0.15, 0.2) is 5.17 Å². The normalized spacial score (nSPS) is 17.8. The van der Waals surface area contributed by atoms with E-state index in [2.05, 4.69) is 10.3 Å². The van der Waals surface area contributed by atoms with Crippen molar-refractivity contribution in [2.45, 2.75) is 18.6 Å². The van der Waals surface area contributed by atoms with E-state index >= 15 is 0 Å². The van der Waals surface area contributed by atoms with Crippen LogP contribution in [0.2, 0.25) is 0 Å². The highest BCUT2D eigenvalue weighted by Crippen LogP contribution is 2.32. The minimum Gasteiger partial charge on any atom is -0.320 e. The number of amides is 2. The quantitative estimate of drug-likeness (QED) is 0.591. The van der Waals surface area contributed by atoms with Gasteiger partial charge in [-0.25, -0.2) is 4.99 Å². The summed E-state index contributed by atoms with van der Waals surface area (Å²) in [5.41, 5.74) is 0.641. The van der Waals surface area contributed by atoms with Crippen LogP contribution in [-0.4, -0.2) is 38.6 Å². The Labute approximate surface area is 165 Å². The van der Waals surface area contributed by atoms with E-state index in [0.29, 0.717) is 11.7 Å². The smallest absolute Gasteiger partial charge is 0.292 e. The Morgan fingerprint density at radius 1 is 1.21 bits per heavy atom. The Bertz CT molecular complexity index is 933. The van der Waals surface area contributed by atoms with E-state index in [1.54, 1.807) is 11.0 Å². The molecule has 2 aromatic rings. The largest absolute Gasteiger partial charge is 0.320 e. The van der Waals surface area contributed by atoms with Gasteiger partial charge in [-0.05, 0) is 25.1 Å². The number of thioether (sulfide) groups is 1. The second kappa shape index (κ2) is 8.66. The molecule has 1 aliphatic heterocycles. The minimum atomic E-state index is -0.620. The van der Waals surface area contributed by atoms with Gasteiger partial charge in [-0.15, -0.1) is 0 Å².